The maximum atomic E-state index is 15.5. The first-order valence-electron chi connectivity index (χ1n) is 12.8. The summed E-state index contributed by atoms with van der Waals surface area (Å²) in [5.74, 6) is -1.01. The van der Waals surface area contributed by atoms with Gasteiger partial charge >= 0.3 is 12.4 Å². The number of rotatable bonds is 7. The highest BCUT2D eigenvalue weighted by molar-refractivity contribution is 7.90. The molecule has 1 N–H and O–H groups in total. The quantitative estimate of drug-likeness (QED) is 0.293. The molecule has 2 aliphatic carbocycles. The fourth-order valence-corrected chi connectivity index (χ4v) is 7.35. The third-order valence-electron chi connectivity index (χ3n) is 7.86. The third kappa shape index (κ3) is 5.54. The van der Waals surface area contributed by atoms with Gasteiger partial charge in [0.05, 0.1) is 10.8 Å². The maximum absolute atomic E-state index is 15.5. The average molecular weight is 577 g/mol. The van der Waals surface area contributed by atoms with Crippen molar-refractivity contribution in [1.82, 2.24) is 9.29 Å². The summed E-state index contributed by atoms with van der Waals surface area (Å²) in [6, 6.07) is 3.72. The van der Waals surface area contributed by atoms with Crippen LogP contribution in [-0.2, 0) is 22.7 Å². The summed E-state index contributed by atoms with van der Waals surface area (Å²) in [7, 11) is -4.32. The van der Waals surface area contributed by atoms with Crippen LogP contribution >= 0.6 is 0 Å². The van der Waals surface area contributed by atoms with Gasteiger partial charge in [-0.05, 0) is 55.4 Å². The molecule has 1 unspecified atom stereocenters. The molecule has 212 valence electrons. The van der Waals surface area contributed by atoms with Crippen LogP contribution in [0.1, 0.15) is 62.1 Å². The average Bonchev–Trinajstić information content (AvgIpc) is 3.42. The van der Waals surface area contributed by atoms with Crippen molar-refractivity contribution < 1.29 is 39.2 Å². The van der Waals surface area contributed by atoms with E-state index in [0.717, 1.165) is 49.9 Å². The number of nitrogens with one attached hydrogen (secondary N) is 1. The topological polar surface area (TPSA) is 51.1 Å². The molecule has 0 bridgehead atoms. The lowest BCUT2D eigenvalue weighted by Crippen LogP contribution is -2.44. The zero-order valence-electron chi connectivity index (χ0n) is 20.7. The van der Waals surface area contributed by atoms with Crippen molar-refractivity contribution in [2.24, 2.45) is 5.92 Å². The molecule has 39 heavy (non-hydrogen) atoms. The number of halogens is 7. The van der Waals surface area contributed by atoms with Crippen LogP contribution in [-0.4, -0.2) is 24.4 Å². The van der Waals surface area contributed by atoms with Gasteiger partial charge in [0.1, 0.15) is 11.9 Å². The van der Waals surface area contributed by atoms with Crippen molar-refractivity contribution in [2.75, 3.05) is 0 Å². The van der Waals surface area contributed by atoms with Crippen molar-refractivity contribution in [3.8, 4) is 11.1 Å². The zero-order chi connectivity index (χ0) is 28.2. The third-order valence-corrected chi connectivity index (χ3v) is 9.78. The molecular formula is C27H27F7N2O2S. The van der Waals surface area contributed by atoms with Crippen LogP contribution in [0.3, 0.4) is 0 Å². The van der Waals surface area contributed by atoms with Crippen LogP contribution in [0.15, 0.2) is 42.6 Å². The fourth-order valence-electron chi connectivity index (χ4n) is 5.61. The summed E-state index contributed by atoms with van der Waals surface area (Å²) in [5, 5.41) is -1.13. The van der Waals surface area contributed by atoms with Gasteiger partial charge in [0.2, 0.25) is 10.0 Å². The van der Waals surface area contributed by atoms with Gasteiger partial charge in [0, 0.05) is 34.8 Å². The molecule has 1 aromatic heterocycles. The summed E-state index contributed by atoms with van der Waals surface area (Å²) in [5.41, 5.74) is -2.27. The molecule has 5 rings (SSSR count). The molecule has 1 atom stereocenters. The lowest BCUT2D eigenvalue weighted by Gasteiger charge is -2.29. The lowest BCUT2D eigenvalue weighted by atomic mass is 9.96. The number of nitrogens with zero attached hydrogens (tertiary/aromatic N) is 1. The Labute approximate surface area is 221 Å². The Hall–Kier alpha value is -2.60. The Morgan fingerprint density at radius 2 is 1.59 bits per heavy atom. The van der Waals surface area contributed by atoms with Crippen LogP contribution in [0.5, 0.6) is 0 Å². The Morgan fingerprint density at radius 1 is 0.923 bits per heavy atom. The van der Waals surface area contributed by atoms with E-state index >= 15 is 4.39 Å². The van der Waals surface area contributed by atoms with E-state index in [1.807, 2.05) is 4.72 Å². The van der Waals surface area contributed by atoms with Crippen molar-refractivity contribution >= 4 is 20.9 Å². The van der Waals surface area contributed by atoms with Crippen LogP contribution in [0, 0.1) is 11.7 Å². The Balaban J connectivity index is 1.69. The number of aromatic nitrogens is 1. The molecule has 0 spiro atoms. The van der Waals surface area contributed by atoms with E-state index in [2.05, 4.69) is 0 Å². The summed E-state index contributed by atoms with van der Waals surface area (Å²) < 4.78 is 128. The minimum Gasteiger partial charge on any atom is -0.347 e. The first kappa shape index (κ1) is 27.9. The second-order valence-corrected chi connectivity index (χ2v) is 12.5. The van der Waals surface area contributed by atoms with E-state index in [9.17, 15) is 34.8 Å². The van der Waals surface area contributed by atoms with Crippen LogP contribution in [0.25, 0.3) is 22.0 Å². The van der Waals surface area contributed by atoms with Crippen LogP contribution in [0.2, 0.25) is 0 Å². The summed E-state index contributed by atoms with van der Waals surface area (Å²) in [6.07, 6.45) is -4.01. The largest absolute Gasteiger partial charge is 0.417 e. The van der Waals surface area contributed by atoms with E-state index in [1.165, 1.54) is 22.9 Å². The van der Waals surface area contributed by atoms with Crippen molar-refractivity contribution in [3.05, 3.63) is 59.5 Å². The predicted molar refractivity (Wildman–Crippen MR) is 133 cm³/mol. The molecule has 0 amide bonds. The van der Waals surface area contributed by atoms with Gasteiger partial charge in [-0.25, -0.2) is 12.8 Å². The van der Waals surface area contributed by atoms with Gasteiger partial charge in [0.25, 0.3) is 0 Å². The predicted octanol–water partition coefficient (Wildman–Crippen LogP) is 7.73. The number of hydrogen-bond donors (Lipinski definition) is 1. The lowest BCUT2D eigenvalue weighted by molar-refractivity contribution is -0.152. The van der Waals surface area contributed by atoms with Crippen LogP contribution in [0.4, 0.5) is 30.7 Å². The molecule has 0 saturated heterocycles. The second-order valence-electron chi connectivity index (χ2n) is 10.5. The van der Waals surface area contributed by atoms with E-state index < -0.39 is 61.7 Å². The highest BCUT2D eigenvalue weighted by atomic mass is 32.2. The second kappa shape index (κ2) is 10.1. The number of sulfonamides is 1. The van der Waals surface area contributed by atoms with Gasteiger partial charge in [-0.2, -0.15) is 31.1 Å². The number of hydrogen-bond acceptors (Lipinski definition) is 2. The smallest absolute Gasteiger partial charge is 0.347 e. The molecule has 0 aliphatic heterocycles. The van der Waals surface area contributed by atoms with Crippen molar-refractivity contribution in [1.29, 1.82) is 0 Å². The van der Waals surface area contributed by atoms with Crippen molar-refractivity contribution in [2.45, 2.75) is 75.1 Å². The number of fused-ring (bicyclic) bond motifs is 1. The van der Waals surface area contributed by atoms with E-state index in [1.54, 1.807) is 0 Å². The van der Waals surface area contributed by atoms with Crippen molar-refractivity contribution in [3.63, 3.8) is 0 Å². The molecule has 1 heterocycles. The minimum atomic E-state index is -5.04. The Bertz CT molecular complexity index is 1470. The van der Waals surface area contributed by atoms with Gasteiger partial charge in [-0.3, -0.25) is 0 Å². The SMILES string of the molecule is O=S(=O)(NC(c1cn(CC2CCCC2)c2cc(-c3ccccc3C(F)(F)F)c(F)cc12)C(F)(F)F)C1CCC1. The van der Waals surface area contributed by atoms with Gasteiger partial charge in [0.15, 0.2) is 0 Å². The Morgan fingerprint density at radius 3 is 2.18 bits per heavy atom. The molecule has 2 saturated carbocycles. The van der Waals surface area contributed by atoms with E-state index in [-0.39, 0.29) is 36.2 Å². The maximum Gasteiger partial charge on any atom is 0.417 e. The monoisotopic (exact) mass is 576 g/mol. The fraction of sp³-hybridized carbons (Fsp3) is 0.481. The molecule has 2 aromatic carbocycles. The van der Waals surface area contributed by atoms with Crippen LogP contribution < -0.4 is 4.72 Å². The Kier molecular flexibility index (Phi) is 7.24. The molecule has 12 heteroatoms. The molecule has 2 fully saturated rings. The first-order valence-corrected chi connectivity index (χ1v) is 14.4. The molecule has 3 aromatic rings. The highest BCUT2D eigenvalue weighted by Crippen LogP contribution is 2.43. The first-order chi connectivity index (χ1) is 18.3. The van der Waals surface area contributed by atoms with Gasteiger partial charge < -0.3 is 4.57 Å². The number of alkyl halides is 6. The van der Waals surface area contributed by atoms with Gasteiger partial charge in [-0.1, -0.05) is 37.5 Å². The van der Waals surface area contributed by atoms with E-state index in [4.69, 9.17) is 0 Å². The highest BCUT2D eigenvalue weighted by Gasteiger charge is 2.47. The standard InChI is InChI=1S/C27H27F7N2O2S/c28-23-12-20-21(25(27(32,33)34)35-39(37,38)17-8-5-9-17)15-36(14-16-6-1-2-7-16)24(20)13-19(23)18-10-3-4-11-22(18)26(29,30)31/h3-4,10-13,15-17,25,35H,1-2,5-9,14H2. The summed E-state index contributed by atoms with van der Waals surface area (Å²) in [6.45, 7) is 0.280. The molecular weight excluding hydrogens is 549 g/mol. The normalized spacial score (nSPS) is 18.5. The summed E-state index contributed by atoms with van der Waals surface area (Å²) in [4.78, 5) is 0. The van der Waals surface area contributed by atoms with E-state index in [0.29, 0.717) is 6.42 Å². The zero-order valence-corrected chi connectivity index (χ0v) is 21.6. The number of benzene rings is 2. The molecule has 0 radical (unpaired) electrons. The van der Waals surface area contributed by atoms with Gasteiger partial charge in [-0.15, -0.1) is 0 Å². The molecule has 2 aliphatic rings. The molecule has 4 nitrogen and oxygen atoms in total. The minimum absolute atomic E-state index is 0.113. The summed E-state index contributed by atoms with van der Waals surface area (Å²) >= 11 is 0.